The fourth-order valence-electron chi connectivity index (χ4n) is 12.5. The van der Waals surface area contributed by atoms with Crippen LogP contribution in [0.25, 0.3) is 111 Å². The van der Waals surface area contributed by atoms with Crippen molar-refractivity contribution in [3.63, 3.8) is 0 Å². The number of nitrogens with zero attached hydrogens (tertiary/aromatic N) is 2. The van der Waals surface area contributed by atoms with Gasteiger partial charge in [0.15, 0.2) is 0 Å². The van der Waals surface area contributed by atoms with E-state index >= 15 is 0 Å². The van der Waals surface area contributed by atoms with E-state index < -0.39 is 5.41 Å². The van der Waals surface area contributed by atoms with Gasteiger partial charge in [0, 0.05) is 32.8 Å². The van der Waals surface area contributed by atoms with Crippen molar-refractivity contribution < 1.29 is 0 Å². The van der Waals surface area contributed by atoms with E-state index in [9.17, 15) is 0 Å². The highest BCUT2D eigenvalue weighted by atomic mass is 15.0. The number of rotatable bonds is 5. The van der Waals surface area contributed by atoms with Gasteiger partial charge in [-0.25, -0.2) is 0 Å². The van der Waals surface area contributed by atoms with E-state index in [0.717, 1.165) is 5.69 Å². The molecule has 2 aromatic heterocycles. The zero-order valence-electron chi connectivity index (χ0n) is 37.6. The molecule has 0 N–H and O–H groups in total. The van der Waals surface area contributed by atoms with Crippen LogP contribution in [0.15, 0.2) is 255 Å². The summed E-state index contributed by atoms with van der Waals surface area (Å²) in [6.07, 6.45) is 0. The smallest absolute Gasteiger partial charge is 0.0726 e. The lowest BCUT2D eigenvalue weighted by Crippen LogP contribution is -2.25. The maximum atomic E-state index is 2.53. The first-order chi connectivity index (χ1) is 34.3. The molecule has 0 bridgehead atoms. The van der Waals surface area contributed by atoms with Gasteiger partial charge in [-0.3, -0.25) is 0 Å². The van der Waals surface area contributed by atoms with Gasteiger partial charge in [0.25, 0.3) is 0 Å². The number of aromatic nitrogens is 2. The van der Waals surface area contributed by atoms with Crippen LogP contribution in [-0.2, 0) is 5.41 Å². The third-order valence-corrected chi connectivity index (χ3v) is 15.4. The molecule has 13 aromatic rings. The van der Waals surface area contributed by atoms with Crippen LogP contribution >= 0.6 is 0 Å². The molecular weight excluding hydrogens is 833 g/mol. The summed E-state index contributed by atoms with van der Waals surface area (Å²) in [6.45, 7) is 0. The second kappa shape index (κ2) is 14.5. The van der Waals surface area contributed by atoms with Crippen molar-refractivity contribution >= 4 is 43.6 Å². The molecule has 0 aliphatic heterocycles. The quantitative estimate of drug-likeness (QED) is 0.163. The Bertz CT molecular complexity index is 4180. The zero-order chi connectivity index (χ0) is 45.2. The average Bonchev–Trinajstić information content (AvgIpc) is 4.13. The summed E-state index contributed by atoms with van der Waals surface area (Å²) in [5, 5.41) is 4.98. The summed E-state index contributed by atoms with van der Waals surface area (Å²) < 4.78 is 4.97. The van der Waals surface area contributed by atoms with Crippen molar-refractivity contribution in [3.8, 4) is 67.0 Å². The van der Waals surface area contributed by atoms with E-state index in [-0.39, 0.29) is 0 Å². The third-order valence-electron chi connectivity index (χ3n) is 15.4. The minimum atomic E-state index is -0.408. The molecule has 15 rings (SSSR count). The molecule has 2 aliphatic rings. The number of hydrogen-bond acceptors (Lipinski definition) is 0. The molecule has 1 spiro atoms. The minimum absolute atomic E-state index is 0.408. The predicted molar refractivity (Wildman–Crippen MR) is 288 cm³/mol. The molecule has 2 heterocycles. The van der Waals surface area contributed by atoms with Crippen LogP contribution in [0, 0.1) is 0 Å². The van der Waals surface area contributed by atoms with Gasteiger partial charge in [-0.2, -0.15) is 0 Å². The second-order valence-corrected chi connectivity index (χ2v) is 18.7. The zero-order valence-corrected chi connectivity index (χ0v) is 37.6. The van der Waals surface area contributed by atoms with Gasteiger partial charge in [-0.15, -0.1) is 0 Å². The SMILES string of the molecule is c1ccc(-c2ccc(-n3c4ccc(-c5ccc6c(c5)c5ccccc5n6-c5cccc6c5-c5ccccc5C65c6ccccc6-c6ccccc65)cc4c4c(-c5ccccc5)cccc43)cc2)cc1. The summed E-state index contributed by atoms with van der Waals surface area (Å²) >= 11 is 0. The molecule has 320 valence electrons. The Balaban J connectivity index is 0.929. The molecule has 0 unspecified atom stereocenters. The van der Waals surface area contributed by atoms with Gasteiger partial charge in [-0.05, 0) is 127 Å². The first kappa shape index (κ1) is 38.2. The van der Waals surface area contributed by atoms with Crippen LogP contribution in [0.1, 0.15) is 22.3 Å². The van der Waals surface area contributed by atoms with Gasteiger partial charge in [-0.1, -0.05) is 200 Å². The Morgan fingerprint density at radius 3 is 1.45 bits per heavy atom. The molecule has 2 heteroatoms. The van der Waals surface area contributed by atoms with E-state index in [1.54, 1.807) is 0 Å². The van der Waals surface area contributed by atoms with E-state index in [2.05, 4.69) is 264 Å². The number of para-hydroxylation sites is 1. The van der Waals surface area contributed by atoms with Crippen molar-refractivity contribution in [2.24, 2.45) is 0 Å². The van der Waals surface area contributed by atoms with Crippen LogP contribution in [0.4, 0.5) is 0 Å². The van der Waals surface area contributed by atoms with E-state index in [1.807, 2.05) is 0 Å². The highest BCUT2D eigenvalue weighted by Crippen LogP contribution is 2.63. The summed E-state index contributed by atoms with van der Waals surface area (Å²) in [5.74, 6) is 0. The summed E-state index contributed by atoms with van der Waals surface area (Å²) in [6, 6.07) is 94.7. The topological polar surface area (TPSA) is 9.86 Å². The van der Waals surface area contributed by atoms with Gasteiger partial charge in [0.2, 0.25) is 0 Å². The number of hydrogen-bond donors (Lipinski definition) is 0. The monoisotopic (exact) mass is 874 g/mol. The van der Waals surface area contributed by atoms with E-state index in [0.29, 0.717) is 0 Å². The summed E-state index contributed by atoms with van der Waals surface area (Å²) in [4.78, 5) is 0. The van der Waals surface area contributed by atoms with Crippen molar-refractivity contribution in [2.75, 3.05) is 0 Å². The Labute approximate surface area is 400 Å². The van der Waals surface area contributed by atoms with E-state index in [1.165, 1.54) is 127 Å². The predicted octanol–water partition coefficient (Wildman–Crippen LogP) is 17.2. The highest BCUT2D eigenvalue weighted by Gasteiger charge is 2.52. The first-order valence-electron chi connectivity index (χ1n) is 24.0. The second-order valence-electron chi connectivity index (χ2n) is 18.7. The van der Waals surface area contributed by atoms with Crippen molar-refractivity contribution in [2.45, 2.75) is 5.41 Å². The van der Waals surface area contributed by atoms with Crippen LogP contribution < -0.4 is 0 Å². The molecule has 0 saturated carbocycles. The lowest BCUT2D eigenvalue weighted by Gasteiger charge is -2.30. The molecule has 2 nitrogen and oxygen atoms in total. The third kappa shape index (κ3) is 5.26. The van der Waals surface area contributed by atoms with Gasteiger partial charge >= 0.3 is 0 Å². The first-order valence-corrected chi connectivity index (χ1v) is 24.0. The molecule has 11 aromatic carbocycles. The maximum Gasteiger partial charge on any atom is 0.0726 e. The fourth-order valence-corrected chi connectivity index (χ4v) is 12.5. The Morgan fingerprint density at radius 2 is 0.739 bits per heavy atom. The van der Waals surface area contributed by atoms with Gasteiger partial charge in [0.1, 0.15) is 0 Å². The molecule has 0 radical (unpaired) electrons. The molecule has 2 aliphatic carbocycles. The number of benzene rings is 11. The molecule has 69 heavy (non-hydrogen) atoms. The summed E-state index contributed by atoms with van der Waals surface area (Å²) in [7, 11) is 0. The Kier molecular flexibility index (Phi) is 8.02. The lowest BCUT2D eigenvalue weighted by molar-refractivity contribution is 0.793. The minimum Gasteiger partial charge on any atom is -0.309 e. The fraction of sp³-hybridized carbons (Fsp3) is 0.0149. The summed E-state index contributed by atoms with van der Waals surface area (Å²) in [5.41, 5.74) is 24.6. The van der Waals surface area contributed by atoms with Crippen molar-refractivity contribution in [3.05, 3.63) is 277 Å². The molecule has 0 saturated heterocycles. The van der Waals surface area contributed by atoms with Crippen molar-refractivity contribution in [1.29, 1.82) is 0 Å². The Morgan fingerprint density at radius 1 is 0.261 bits per heavy atom. The molecular formula is C67H42N2. The molecule has 0 atom stereocenters. The highest BCUT2D eigenvalue weighted by molar-refractivity contribution is 6.17. The lowest BCUT2D eigenvalue weighted by atomic mass is 9.70. The standard InChI is InChI=1S/C67H42N2/c1-3-17-43(18-4-1)44-33-37-48(38-34-44)68-62-40-36-47(42-55(62)65-49(25-15-31-63(65)68)45-19-5-2-6-20-45)46-35-39-61-54(41-46)52-23-10-14-30-60(52)69(61)64-32-16-29-59-66(64)53-24-9-13-28-58(53)67(59)56-26-11-7-21-50(56)51-22-8-12-27-57(51)67/h1-42H. The van der Waals surface area contributed by atoms with Gasteiger partial charge in [0.05, 0.1) is 33.2 Å². The van der Waals surface area contributed by atoms with Gasteiger partial charge < -0.3 is 9.13 Å². The van der Waals surface area contributed by atoms with Crippen LogP contribution in [0.3, 0.4) is 0 Å². The largest absolute Gasteiger partial charge is 0.309 e. The maximum absolute atomic E-state index is 2.53. The average molecular weight is 875 g/mol. The normalized spacial score (nSPS) is 13.0. The molecule has 0 fully saturated rings. The van der Waals surface area contributed by atoms with Crippen molar-refractivity contribution in [1.82, 2.24) is 9.13 Å². The van der Waals surface area contributed by atoms with Crippen LogP contribution in [0.2, 0.25) is 0 Å². The molecule has 0 amide bonds. The Hall–Kier alpha value is -8.98. The number of fused-ring (bicyclic) bond motifs is 16. The van der Waals surface area contributed by atoms with Crippen LogP contribution in [-0.4, -0.2) is 9.13 Å². The van der Waals surface area contributed by atoms with Crippen LogP contribution in [0.5, 0.6) is 0 Å². The van der Waals surface area contributed by atoms with E-state index in [4.69, 9.17) is 0 Å².